The van der Waals surface area contributed by atoms with Crippen LogP contribution in [-0.4, -0.2) is 6.29 Å². The highest BCUT2D eigenvalue weighted by Crippen LogP contribution is 2.32. The third-order valence-electron chi connectivity index (χ3n) is 2.13. The Morgan fingerprint density at radius 3 is 2.71 bits per heavy atom. The van der Waals surface area contributed by atoms with Gasteiger partial charge in [-0.05, 0) is 36.4 Å². The molecule has 86 valence electrons. The zero-order chi connectivity index (χ0) is 12.3. The number of hydrogen-bond donors (Lipinski definition) is 0. The van der Waals surface area contributed by atoms with Gasteiger partial charge in [-0.15, -0.1) is 0 Å². The van der Waals surface area contributed by atoms with E-state index in [1.165, 1.54) is 11.8 Å². The molecule has 0 spiro atoms. The van der Waals surface area contributed by atoms with Crippen LogP contribution in [0, 0.1) is 0 Å². The molecule has 2 aromatic carbocycles. The minimum Gasteiger partial charge on any atom is -0.298 e. The molecule has 0 atom stereocenters. The summed E-state index contributed by atoms with van der Waals surface area (Å²) in [6.45, 7) is 0. The molecule has 0 saturated heterocycles. The van der Waals surface area contributed by atoms with Crippen molar-refractivity contribution in [2.75, 3.05) is 0 Å². The Hall–Kier alpha value is -0.770. The normalized spacial score (nSPS) is 10.2. The van der Waals surface area contributed by atoms with Crippen LogP contribution in [0.1, 0.15) is 10.4 Å². The van der Waals surface area contributed by atoms with E-state index in [0.717, 1.165) is 20.5 Å². The van der Waals surface area contributed by atoms with Crippen molar-refractivity contribution in [2.24, 2.45) is 0 Å². The molecule has 0 saturated carbocycles. The van der Waals surface area contributed by atoms with Crippen LogP contribution in [0.3, 0.4) is 0 Å². The summed E-state index contributed by atoms with van der Waals surface area (Å²) in [6.07, 6.45) is 0.860. The summed E-state index contributed by atoms with van der Waals surface area (Å²) >= 11 is 10.8. The first-order valence-corrected chi connectivity index (χ1v) is 6.86. The lowest BCUT2D eigenvalue weighted by Crippen LogP contribution is -1.85. The average Bonchev–Trinajstić information content (AvgIpc) is 2.29. The van der Waals surface area contributed by atoms with Gasteiger partial charge in [0.2, 0.25) is 0 Å². The van der Waals surface area contributed by atoms with Gasteiger partial charge in [0.15, 0.2) is 6.29 Å². The van der Waals surface area contributed by atoms with Crippen molar-refractivity contribution < 1.29 is 4.79 Å². The zero-order valence-electron chi connectivity index (χ0n) is 8.69. The third-order valence-corrected chi connectivity index (χ3v) is 3.92. The summed E-state index contributed by atoms with van der Waals surface area (Å²) in [5, 5.41) is 0.692. The van der Waals surface area contributed by atoms with Crippen LogP contribution in [0.5, 0.6) is 0 Å². The molecule has 2 aromatic rings. The van der Waals surface area contributed by atoms with Gasteiger partial charge in [-0.1, -0.05) is 45.4 Å². The second-order valence-corrected chi connectivity index (χ2v) is 5.83. The van der Waals surface area contributed by atoms with Gasteiger partial charge in [-0.2, -0.15) is 0 Å². The van der Waals surface area contributed by atoms with E-state index in [1.54, 1.807) is 6.07 Å². The van der Waals surface area contributed by atoms with Crippen molar-refractivity contribution in [3.63, 3.8) is 0 Å². The molecule has 0 aliphatic heterocycles. The summed E-state index contributed by atoms with van der Waals surface area (Å²) in [4.78, 5) is 12.9. The SMILES string of the molecule is O=Cc1ccc(Br)cc1Sc1cccc(Cl)c1. The molecular formula is C13H8BrClOS. The van der Waals surface area contributed by atoms with Crippen LogP contribution in [0.2, 0.25) is 5.02 Å². The molecule has 0 amide bonds. The van der Waals surface area contributed by atoms with Crippen molar-refractivity contribution in [1.29, 1.82) is 0 Å². The first-order valence-electron chi connectivity index (χ1n) is 4.87. The second kappa shape index (κ2) is 5.71. The van der Waals surface area contributed by atoms with E-state index in [0.29, 0.717) is 10.6 Å². The molecule has 2 rings (SSSR count). The highest BCUT2D eigenvalue weighted by molar-refractivity contribution is 9.10. The average molecular weight is 328 g/mol. The topological polar surface area (TPSA) is 17.1 Å². The molecule has 0 aromatic heterocycles. The molecule has 4 heteroatoms. The lowest BCUT2D eigenvalue weighted by Gasteiger charge is -2.05. The molecule has 0 radical (unpaired) electrons. The Bertz CT molecular complexity index is 557. The van der Waals surface area contributed by atoms with Crippen molar-refractivity contribution in [2.45, 2.75) is 9.79 Å². The number of benzene rings is 2. The Morgan fingerprint density at radius 2 is 2.00 bits per heavy atom. The number of carbonyl (C=O) groups excluding carboxylic acids is 1. The van der Waals surface area contributed by atoms with Crippen LogP contribution in [0.25, 0.3) is 0 Å². The molecule has 17 heavy (non-hydrogen) atoms. The predicted molar refractivity (Wildman–Crippen MR) is 75.1 cm³/mol. The fourth-order valence-corrected chi connectivity index (χ4v) is 3.13. The van der Waals surface area contributed by atoms with Gasteiger partial charge in [0.25, 0.3) is 0 Å². The first-order chi connectivity index (χ1) is 8.19. The first kappa shape index (κ1) is 12.7. The van der Waals surface area contributed by atoms with Gasteiger partial charge in [0.05, 0.1) is 0 Å². The quantitative estimate of drug-likeness (QED) is 0.732. The fourth-order valence-electron chi connectivity index (χ4n) is 1.35. The highest BCUT2D eigenvalue weighted by Gasteiger charge is 2.05. The Labute approximate surface area is 117 Å². The van der Waals surface area contributed by atoms with Gasteiger partial charge >= 0.3 is 0 Å². The predicted octanol–water partition coefficient (Wildman–Crippen LogP) is 5.07. The fraction of sp³-hybridized carbons (Fsp3) is 0. The number of rotatable bonds is 3. The van der Waals surface area contributed by atoms with Gasteiger partial charge in [0.1, 0.15) is 0 Å². The summed E-state index contributed by atoms with van der Waals surface area (Å²) in [5.41, 5.74) is 0.679. The van der Waals surface area contributed by atoms with E-state index in [2.05, 4.69) is 15.9 Å². The van der Waals surface area contributed by atoms with Crippen molar-refractivity contribution in [3.05, 3.63) is 57.5 Å². The Morgan fingerprint density at radius 1 is 1.18 bits per heavy atom. The molecule has 0 N–H and O–H groups in total. The van der Waals surface area contributed by atoms with Gasteiger partial charge in [0, 0.05) is 24.8 Å². The van der Waals surface area contributed by atoms with E-state index < -0.39 is 0 Å². The number of carbonyl (C=O) groups is 1. The monoisotopic (exact) mass is 326 g/mol. The van der Waals surface area contributed by atoms with Crippen molar-refractivity contribution in [3.8, 4) is 0 Å². The van der Waals surface area contributed by atoms with Crippen LogP contribution < -0.4 is 0 Å². The summed E-state index contributed by atoms with van der Waals surface area (Å²) in [7, 11) is 0. The van der Waals surface area contributed by atoms with Crippen LogP contribution >= 0.6 is 39.3 Å². The van der Waals surface area contributed by atoms with E-state index in [1.807, 2.05) is 36.4 Å². The molecule has 0 fully saturated rings. The molecule has 0 aliphatic rings. The maximum atomic E-state index is 10.9. The van der Waals surface area contributed by atoms with Crippen molar-refractivity contribution in [1.82, 2.24) is 0 Å². The largest absolute Gasteiger partial charge is 0.298 e. The minimum absolute atomic E-state index is 0.679. The van der Waals surface area contributed by atoms with Crippen LogP contribution in [0.15, 0.2) is 56.7 Å². The van der Waals surface area contributed by atoms with E-state index in [4.69, 9.17) is 11.6 Å². The number of aldehydes is 1. The van der Waals surface area contributed by atoms with Gasteiger partial charge in [-0.3, -0.25) is 4.79 Å². The molecule has 1 nitrogen and oxygen atoms in total. The van der Waals surface area contributed by atoms with E-state index in [-0.39, 0.29) is 0 Å². The number of halogens is 2. The summed E-state index contributed by atoms with van der Waals surface area (Å²) < 4.78 is 0.952. The number of hydrogen-bond acceptors (Lipinski definition) is 2. The van der Waals surface area contributed by atoms with Gasteiger partial charge in [-0.25, -0.2) is 0 Å². The lowest BCUT2D eigenvalue weighted by atomic mass is 10.2. The van der Waals surface area contributed by atoms with Crippen LogP contribution in [0.4, 0.5) is 0 Å². The minimum atomic E-state index is 0.679. The summed E-state index contributed by atoms with van der Waals surface area (Å²) in [6, 6.07) is 13.1. The van der Waals surface area contributed by atoms with E-state index >= 15 is 0 Å². The zero-order valence-corrected chi connectivity index (χ0v) is 11.8. The highest BCUT2D eigenvalue weighted by atomic mass is 79.9. The summed E-state index contributed by atoms with van der Waals surface area (Å²) in [5.74, 6) is 0. The smallest absolute Gasteiger partial charge is 0.151 e. The third kappa shape index (κ3) is 3.35. The molecule has 0 heterocycles. The molecule has 0 unspecified atom stereocenters. The lowest BCUT2D eigenvalue weighted by molar-refractivity contribution is 0.112. The molecule has 0 aliphatic carbocycles. The Balaban J connectivity index is 2.35. The second-order valence-electron chi connectivity index (χ2n) is 3.36. The molecular weight excluding hydrogens is 320 g/mol. The van der Waals surface area contributed by atoms with E-state index in [9.17, 15) is 4.79 Å². The van der Waals surface area contributed by atoms with Gasteiger partial charge < -0.3 is 0 Å². The van der Waals surface area contributed by atoms with Crippen LogP contribution in [-0.2, 0) is 0 Å². The van der Waals surface area contributed by atoms with Crippen molar-refractivity contribution >= 4 is 45.6 Å². The standard InChI is InChI=1S/C13H8BrClOS/c14-10-5-4-9(8-16)13(6-10)17-12-3-1-2-11(15)7-12/h1-8H. The molecule has 0 bridgehead atoms. The maximum absolute atomic E-state index is 10.9. The Kier molecular flexibility index (Phi) is 4.26. The maximum Gasteiger partial charge on any atom is 0.151 e.